The van der Waals surface area contributed by atoms with Crippen molar-refractivity contribution in [2.24, 2.45) is 0 Å². The highest BCUT2D eigenvalue weighted by Gasteiger charge is 2.32. The molecular weight excluding hydrogens is 385 g/mol. The Bertz CT molecular complexity index is 930. The Hall–Kier alpha value is -2.59. The first-order valence-corrected chi connectivity index (χ1v) is 9.20. The summed E-state index contributed by atoms with van der Waals surface area (Å²) < 4.78 is 65.7. The molecule has 0 saturated heterocycles. The molecule has 0 bridgehead atoms. The maximum atomic E-state index is 12.8. The Morgan fingerprint density at radius 3 is 2.44 bits per heavy atom. The molecule has 0 fully saturated rings. The molecule has 1 amide bonds. The summed E-state index contributed by atoms with van der Waals surface area (Å²) in [6.45, 7) is -0.242. The van der Waals surface area contributed by atoms with Crippen molar-refractivity contribution in [2.45, 2.75) is 11.1 Å². The third-order valence-corrected chi connectivity index (χ3v) is 5.02. The highest BCUT2D eigenvalue weighted by Crippen LogP contribution is 2.31. The van der Waals surface area contributed by atoms with Crippen LogP contribution in [0.15, 0.2) is 53.4 Å². The van der Waals surface area contributed by atoms with Gasteiger partial charge in [-0.3, -0.25) is 9.52 Å². The van der Waals surface area contributed by atoms with Crippen LogP contribution in [-0.4, -0.2) is 44.5 Å². The Morgan fingerprint density at radius 1 is 1.15 bits per heavy atom. The van der Waals surface area contributed by atoms with Crippen LogP contribution >= 0.6 is 0 Å². The van der Waals surface area contributed by atoms with Crippen LogP contribution in [0.25, 0.3) is 0 Å². The van der Waals surface area contributed by atoms with Crippen LogP contribution in [0, 0.1) is 0 Å². The molecule has 6 nitrogen and oxygen atoms in total. The highest BCUT2D eigenvalue weighted by molar-refractivity contribution is 7.92. The summed E-state index contributed by atoms with van der Waals surface area (Å²) in [6.07, 6.45) is -4.69. The normalized spacial score (nSPS) is 11.9. The van der Waals surface area contributed by atoms with E-state index in [1.54, 1.807) is 0 Å². The lowest BCUT2D eigenvalue weighted by Crippen LogP contribution is -2.30. The number of para-hydroxylation sites is 1. The van der Waals surface area contributed by atoms with Gasteiger partial charge in [0.1, 0.15) is 0 Å². The molecule has 146 valence electrons. The van der Waals surface area contributed by atoms with E-state index in [1.165, 1.54) is 36.2 Å². The van der Waals surface area contributed by atoms with E-state index >= 15 is 0 Å². The predicted octanol–water partition coefficient (Wildman–Crippen LogP) is 2.57. The number of amides is 1. The first kappa shape index (κ1) is 20.7. The topological polar surface area (TPSA) is 86.7 Å². The third-order valence-electron chi connectivity index (χ3n) is 3.66. The van der Waals surface area contributed by atoms with E-state index in [-0.39, 0.29) is 24.4 Å². The fraction of sp³-hybridized carbons (Fsp3) is 0.235. The molecule has 10 heteroatoms. The summed E-state index contributed by atoms with van der Waals surface area (Å²) in [5.74, 6) is -0.550. The average Bonchev–Trinajstić information content (AvgIpc) is 2.61. The van der Waals surface area contributed by atoms with Gasteiger partial charge in [-0.15, -0.1) is 0 Å². The number of hydrogen-bond acceptors (Lipinski definition) is 4. The van der Waals surface area contributed by atoms with Crippen molar-refractivity contribution in [1.82, 2.24) is 4.90 Å². The van der Waals surface area contributed by atoms with Crippen molar-refractivity contribution in [3.05, 3.63) is 59.7 Å². The predicted molar refractivity (Wildman–Crippen MR) is 92.7 cm³/mol. The molecule has 0 aliphatic rings. The lowest BCUT2D eigenvalue weighted by Gasteiger charge is -2.18. The minimum atomic E-state index is -4.69. The summed E-state index contributed by atoms with van der Waals surface area (Å²) >= 11 is 0. The fourth-order valence-electron chi connectivity index (χ4n) is 2.26. The molecule has 0 atom stereocenters. The zero-order chi connectivity index (χ0) is 20.2. The summed E-state index contributed by atoms with van der Waals surface area (Å²) in [7, 11) is -2.93. The quantitative estimate of drug-likeness (QED) is 0.778. The summed E-state index contributed by atoms with van der Waals surface area (Å²) in [6, 6.07) is 8.99. The SMILES string of the molecule is CN(CCO)C(=O)c1ccccc1NS(=O)(=O)c1cccc(C(F)(F)F)c1. The molecule has 0 unspecified atom stereocenters. The van der Waals surface area contributed by atoms with Crippen molar-refractivity contribution in [3.8, 4) is 0 Å². The van der Waals surface area contributed by atoms with Crippen LogP contribution in [0.5, 0.6) is 0 Å². The number of carbonyl (C=O) groups excluding carboxylic acids is 1. The molecule has 2 N–H and O–H groups in total. The summed E-state index contributed by atoms with van der Waals surface area (Å²) in [5.41, 5.74) is -1.17. The van der Waals surface area contributed by atoms with E-state index in [0.29, 0.717) is 6.07 Å². The Morgan fingerprint density at radius 2 is 1.81 bits per heavy atom. The van der Waals surface area contributed by atoms with Crippen LogP contribution in [0.3, 0.4) is 0 Å². The van der Waals surface area contributed by atoms with Gasteiger partial charge in [0.15, 0.2) is 0 Å². The second-order valence-electron chi connectivity index (χ2n) is 5.63. The zero-order valence-corrected chi connectivity index (χ0v) is 15.0. The number of carbonyl (C=O) groups is 1. The minimum Gasteiger partial charge on any atom is -0.395 e. The van der Waals surface area contributed by atoms with E-state index in [9.17, 15) is 26.4 Å². The fourth-order valence-corrected chi connectivity index (χ4v) is 3.38. The van der Waals surface area contributed by atoms with Crippen molar-refractivity contribution in [1.29, 1.82) is 0 Å². The number of nitrogens with zero attached hydrogens (tertiary/aromatic N) is 1. The van der Waals surface area contributed by atoms with Gasteiger partial charge in [-0.1, -0.05) is 18.2 Å². The highest BCUT2D eigenvalue weighted by atomic mass is 32.2. The maximum absolute atomic E-state index is 12.8. The van der Waals surface area contributed by atoms with Gasteiger partial charge >= 0.3 is 6.18 Å². The first-order chi connectivity index (χ1) is 12.6. The van der Waals surface area contributed by atoms with Crippen molar-refractivity contribution < 1.29 is 31.5 Å². The molecule has 27 heavy (non-hydrogen) atoms. The molecular formula is C17H17F3N2O4S. The lowest BCUT2D eigenvalue weighted by atomic mass is 10.1. The van der Waals surface area contributed by atoms with E-state index < -0.39 is 32.6 Å². The van der Waals surface area contributed by atoms with Gasteiger partial charge in [0.05, 0.1) is 28.3 Å². The Labute approximate surface area is 154 Å². The number of hydrogen-bond donors (Lipinski definition) is 2. The molecule has 2 aromatic carbocycles. The number of aliphatic hydroxyl groups is 1. The average molecular weight is 402 g/mol. The number of likely N-dealkylation sites (N-methyl/N-ethyl adjacent to an activating group) is 1. The van der Waals surface area contributed by atoms with Crippen LogP contribution in [0.1, 0.15) is 15.9 Å². The van der Waals surface area contributed by atoms with Gasteiger partial charge < -0.3 is 10.0 Å². The molecule has 2 rings (SSSR count). The number of halogens is 3. The van der Waals surface area contributed by atoms with E-state index in [4.69, 9.17) is 5.11 Å². The molecule has 0 heterocycles. The maximum Gasteiger partial charge on any atom is 0.416 e. The monoisotopic (exact) mass is 402 g/mol. The van der Waals surface area contributed by atoms with E-state index in [0.717, 1.165) is 18.2 Å². The standard InChI is InChI=1S/C17H17F3N2O4S/c1-22(9-10-23)16(24)14-7-2-3-8-15(14)21-27(25,26)13-6-4-5-12(11-13)17(18,19)20/h2-8,11,21,23H,9-10H2,1H3. The third kappa shape index (κ3) is 4.98. The molecule has 0 aromatic heterocycles. The zero-order valence-electron chi connectivity index (χ0n) is 14.2. The number of benzene rings is 2. The summed E-state index contributed by atoms with van der Waals surface area (Å²) in [4.78, 5) is 13.0. The van der Waals surface area contributed by atoms with Crippen molar-refractivity contribution in [3.63, 3.8) is 0 Å². The molecule has 0 aliphatic carbocycles. The smallest absolute Gasteiger partial charge is 0.395 e. The van der Waals surface area contributed by atoms with E-state index in [2.05, 4.69) is 4.72 Å². The number of rotatable bonds is 6. The van der Waals surface area contributed by atoms with Gasteiger partial charge in [-0.2, -0.15) is 13.2 Å². The molecule has 0 saturated carbocycles. The van der Waals surface area contributed by atoms with Gasteiger partial charge in [0.2, 0.25) is 0 Å². The molecule has 0 aliphatic heterocycles. The number of sulfonamides is 1. The Balaban J connectivity index is 2.38. The molecule has 0 spiro atoms. The largest absolute Gasteiger partial charge is 0.416 e. The summed E-state index contributed by atoms with van der Waals surface area (Å²) in [5, 5.41) is 8.93. The second-order valence-corrected chi connectivity index (χ2v) is 7.31. The Kier molecular flexibility index (Phi) is 6.11. The number of anilines is 1. The molecule has 2 aromatic rings. The minimum absolute atomic E-state index is 0.00370. The van der Waals surface area contributed by atoms with Crippen LogP contribution in [-0.2, 0) is 16.2 Å². The first-order valence-electron chi connectivity index (χ1n) is 7.71. The second kappa shape index (κ2) is 7.97. The van der Waals surface area contributed by atoms with Gasteiger partial charge in [0.25, 0.3) is 15.9 Å². The number of nitrogens with one attached hydrogen (secondary N) is 1. The number of alkyl halides is 3. The van der Waals surface area contributed by atoms with Crippen molar-refractivity contribution >= 4 is 21.6 Å². The van der Waals surface area contributed by atoms with Gasteiger partial charge in [0, 0.05) is 13.6 Å². The lowest BCUT2D eigenvalue weighted by molar-refractivity contribution is -0.137. The van der Waals surface area contributed by atoms with Crippen molar-refractivity contribution in [2.75, 3.05) is 24.9 Å². The molecule has 0 radical (unpaired) electrons. The van der Waals surface area contributed by atoms with E-state index in [1.807, 2.05) is 0 Å². The van der Waals surface area contributed by atoms with Crippen LogP contribution < -0.4 is 4.72 Å². The van der Waals surface area contributed by atoms with Crippen LogP contribution in [0.4, 0.5) is 18.9 Å². The van der Waals surface area contributed by atoms with Crippen LogP contribution in [0.2, 0.25) is 0 Å². The van der Waals surface area contributed by atoms with Gasteiger partial charge in [-0.05, 0) is 30.3 Å². The van der Waals surface area contributed by atoms with Gasteiger partial charge in [-0.25, -0.2) is 8.42 Å². The number of aliphatic hydroxyl groups excluding tert-OH is 1.